The first-order valence-electron chi connectivity index (χ1n) is 6.10. The van der Waals surface area contributed by atoms with Crippen molar-refractivity contribution in [2.75, 3.05) is 0 Å². The quantitative estimate of drug-likeness (QED) is 0.853. The summed E-state index contributed by atoms with van der Waals surface area (Å²) in [5.41, 5.74) is 3.74. The molecule has 3 nitrogen and oxygen atoms in total. The first-order valence-corrected chi connectivity index (χ1v) is 6.10. The van der Waals surface area contributed by atoms with Crippen LogP contribution in [0.4, 0.5) is 0 Å². The second-order valence-corrected chi connectivity index (χ2v) is 4.60. The molecule has 1 aromatic carbocycles. The van der Waals surface area contributed by atoms with Crippen LogP contribution in [0, 0.1) is 13.8 Å². The zero-order valence-electron chi connectivity index (χ0n) is 10.9. The molecule has 1 aromatic heterocycles. The lowest BCUT2D eigenvalue weighted by Crippen LogP contribution is -2.26. The standard InChI is InChI=1S/C15H18N2O/c1-10-9-14(12(3)16-10)15(18)17-11(2)13-7-5-4-6-8-13/h4-9,11,16H,1-3H3,(H,17,18). The third kappa shape index (κ3) is 2.62. The first kappa shape index (κ1) is 12.4. The molecule has 0 radical (unpaired) electrons. The number of carbonyl (C=O) groups is 1. The van der Waals surface area contributed by atoms with E-state index in [1.807, 2.05) is 57.2 Å². The fourth-order valence-corrected chi connectivity index (χ4v) is 2.06. The number of hydrogen-bond acceptors (Lipinski definition) is 1. The van der Waals surface area contributed by atoms with Gasteiger partial charge in [-0.15, -0.1) is 0 Å². The molecule has 0 spiro atoms. The van der Waals surface area contributed by atoms with E-state index in [-0.39, 0.29) is 11.9 Å². The summed E-state index contributed by atoms with van der Waals surface area (Å²) >= 11 is 0. The zero-order valence-corrected chi connectivity index (χ0v) is 10.9. The predicted molar refractivity (Wildman–Crippen MR) is 72.6 cm³/mol. The Morgan fingerprint density at radius 2 is 1.89 bits per heavy atom. The van der Waals surface area contributed by atoms with E-state index in [0.29, 0.717) is 0 Å². The van der Waals surface area contributed by atoms with Crippen LogP contribution in [-0.2, 0) is 0 Å². The number of aromatic amines is 1. The van der Waals surface area contributed by atoms with Gasteiger partial charge in [-0.25, -0.2) is 0 Å². The summed E-state index contributed by atoms with van der Waals surface area (Å²) in [6, 6.07) is 11.8. The Bertz CT molecular complexity index is 543. The van der Waals surface area contributed by atoms with E-state index < -0.39 is 0 Å². The van der Waals surface area contributed by atoms with Crippen molar-refractivity contribution in [2.45, 2.75) is 26.8 Å². The Morgan fingerprint density at radius 1 is 1.22 bits per heavy atom. The van der Waals surface area contributed by atoms with Crippen LogP contribution in [0.5, 0.6) is 0 Å². The van der Waals surface area contributed by atoms with Crippen molar-refractivity contribution in [3.63, 3.8) is 0 Å². The van der Waals surface area contributed by atoms with E-state index in [4.69, 9.17) is 0 Å². The lowest BCUT2D eigenvalue weighted by molar-refractivity contribution is 0.0939. The number of carbonyl (C=O) groups excluding carboxylic acids is 1. The third-order valence-electron chi connectivity index (χ3n) is 3.04. The Morgan fingerprint density at radius 3 is 2.44 bits per heavy atom. The molecule has 0 aliphatic heterocycles. The molecule has 1 unspecified atom stereocenters. The number of rotatable bonds is 3. The van der Waals surface area contributed by atoms with Crippen LogP contribution >= 0.6 is 0 Å². The number of H-pyrrole nitrogens is 1. The molecule has 0 saturated carbocycles. The van der Waals surface area contributed by atoms with Gasteiger partial charge in [-0.05, 0) is 32.4 Å². The van der Waals surface area contributed by atoms with E-state index in [2.05, 4.69) is 10.3 Å². The highest BCUT2D eigenvalue weighted by molar-refractivity contribution is 5.95. The van der Waals surface area contributed by atoms with Gasteiger partial charge in [0.1, 0.15) is 0 Å². The highest BCUT2D eigenvalue weighted by Crippen LogP contribution is 2.14. The summed E-state index contributed by atoms with van der Waals surface area (Å²) in [4.78, 5) is 15.3. The number of aryl methyl sites for hydroxylation is 2. The number of hydrogen-bond donors (Lipinski definition) is 2. The molecule has 2 aromatic rings. The molecule has 0 fully saturated rings. The lowest BCUT2D eigenvalue weighted by atomic mass is 10.1. The minimum atomic E-state index is -0.0341. The Balaban J connectivity index is 2.10. The Labute approximate surface area is 107 Å². The van der Waals surface area contributed by atoms with Crippen LogP contribution in [0.25, 0.3) is 0 Å². The lowest BCUT2D eigenvalue weighted by Gasteiger charge is -2.14. The van der Waals surface area contributed by atoms with Crippen LogP contribution < -0.4 is 5.32 Å². The second-order valence-electron chi connectivity index (χ2n) is 4.60. The van der Waals surface area contributed by atoms with Crippen molar-refractivity contribution in [1.29, 1.82) is 0 Å². The summed E-state index contributed by atoms with van der Waals surface area (Å²) in [5, 5.41) is 3.01. The predicted octanol–water partition coefficient (Wildman–Crippen LogP) is 3.12. The van der Waals surface area contributed by atoms with Crippen molar-refractivity contribution >= 4 is 5.91 Å². The van der Waals surface area contributed by atoms with Gasteiger partial charge >= 0.3 is 0 Å². The molecular weight excluding hydrogens is 224 g/mol. The van der Waals surface area contributed by atoms with Crippen molar-refractivity contribution in [2.24, 2.45) is 0 Å². The molecule has 0 aliphatic rings. The van der Waals surface area contributed by atoms with Gasteiger partial charge in [0.05, 0.1) is 11.6 Å². The van der Waals surface area contributed by atoms with E-state index in [0.717, 1.165) is 22.5 Å². The van der Waals surface area contributed by atoms with Gasteiger partial charge < -0.3 is 10.3 Å². The number of benzene rings is 1. The fourth-order valence-electron chi connectivity index (χ4n) is 2.06. The smallest absolute Gasteiger partial charge is 0.253 e. The van der Waals surface area contributed by atoms with Gasteiger partial charge in [0.15, 0.2) is 0 Å². The van der Waals surface area contributed by atoms with Gasteiger partial charge in [0.2, 0.25) is 0 Å². The minimum Gasteiger partial charge on any atom is -0.362 e. The molecule has 1 atom stereocenters. The van der Waals surface area contributed by atoms with Gasteiger partial charge in [-0.3, -0.25) is 4.79 Å². The van der Waals surface area contributed by atoms with E-state index >= 15 is 0 Å². The molecule has 2 rings (SSSR count). The van der Waals surface area contributed by atoms with Gasteiger partial charge in [0, 0.05) is 11.4 Å². The van der Waals surface area contributed by atoms with Crippen LogP contribution in [0.2, 0.25) is 0 Å². The summed E-state index contributed by atoms with van der Waals surface area (Å²) < 4.78 is 0. The molecule has 0 aliphatic carbocycles. The summed E-state index contributed by atoms with van der Waals surface area (Å²) in [5.74, 6) is -0.0341. The third-order valence-corrected chi connectivity index (χ3v) is 3.04. The molecule has 1 heterocycles. The molecule has 3 heteroatoms. The molecule has 0 saturated heterocycles. The molecule has 1 amide bonds. The summed E-state index contributed by atoms with van der Waals surface area (Å²) in [7, 11) is 0. The summed E-state index contributed by atoms with van der Waals surface area (Å²) in [6.45, 7) is 5.85. The van der Waals surface area contributed by atoms with Crippen molar-refractivity contribution in [3.05, 3.63) is 58.9 Å². The molecule has 94 valence electrons. The van der Waals surface area contributed by atoms with Crippen LogP contribution in [0.15, 0.2) is 36.4 Å². The van der Waals surface area contributed by atoms with Gasteiger partial charge in [-0.2, -0.15) is 0 Å². The SMILES string of the molecule is Cc1cc(C(=O)NC(C)c2ccccc2)c(C)[nH]1. The second kappa shape index (κ2) is 5.08. The maximum atomic E-state index is 12.1. The summed E-state index contributed by atoms with van der Waals surface area (Å²) in [6.07, 6.45) is 0. The fraction of sp³-hybridized carbons (Fsp3) is 0.267. The monoisotopic (exact) mass is 242 g/mol. The average molecular weight is 242 g/mol. The van der Waals surface area contributed by atoms with E-state index in [1.165, 1.54) is 0 Å². The topological polar surface area (TPSA) is 44.9 Å². The molecule has 2 N–H and O–H groups in total. The number of amides is 1. The van der Waals surface area contributed by atoms with Crippen LogP contribution in [0.3, 0.4) is 0 Å². The van der Waals surface area contributed by atoms with Crippen LogP contribution in [0.1, 0.15) is 40.3 Å². The molecule has 0 bridgehead atoms. The first-order chi connectivity index (χ1) is 8.58. The zero-order chi connectivity index (χ0) is 13.1. The molecular formula is C15H18N2O. The van der Waals surface area contributed by atoms with E-state index in [9.17, 15) is 4.79 Å². The number of aromatic nitrogens is 1. The Hall–Kier alpha value is -2.03. The maximum absolute atomic E-state index is 12.1. The normalized spacial score (nSPS) is 12.2. The van der Waals surface area contributed by atoms with E-state index in [1.54, 1.807) is 0 Å². The number of nitrogens with one attached hydrogen (secondary N) is 2. The van der Waals surface area contributed by atoms with Crippen LogP contribution in [-0.4, -0.2) is 10.9 Å². The highest BCUT2D eigenvalue weighted by atomic mass is 16.1. The largest absolute Gasteiger partial charge is 0.362 e. The maximum Gasteiger partial charge on any atom is 0.253 e. The molecule has 18 heavy (non-hydrogen) atoms. The average Bonchev–Trinajstić information content (AvgIpc) is 2.69. The van der Waals surface area contributed by atoms with Gasteiger partial charge in [0.25, 0.3) is 5.91 Å². The van der Waals surface area contributed by atoms with Gasteiger partial charge in [-0.1, -0.05) is 30.3 Å². The Kier molecular flexibility index (Phi) is 3.51. The highest BCUT2D eigenvalue weighted by Gasteiger charge is 2.14. The van der Waals surface area contributed by atoms with Crippen molar-refractivity contribution in [3.8, 4) is 0 Å². The van der Waals surface area contributed by atoms with Crippen molar-refractivity contribution in [1.82, 2.24) is 10.3 Å². The minimum absolute atomic E-state index is 0.00769. The van der Waals surface area contributed by atoms with Crippen molar-refractivity contribution < 1.29 is 4.79 Å².